The maximum absolute atomic E-state index is 12.6. The van der Waals surface area contributed by atoms with Crippen LogP contribution in [0.5, 0.6) is 5.75 Å². The van der Waals surface area contributed by atoms with E-state index in [-0.39, 0.29) is 17.7 Å². The molecule has 3 N–H and O–H groups in total. The Morgan fingerprint density at radius 1 is 1.24 bits per heavy atom. The van der Waals surface area contributed by atoms with Crippen molar-refractivity contribution in [2.24, 2.45) is 0 Å². The van der Waals surface area contributed by atoms with Crippen molar-refractivity contribution in [1.82, 2.24) is 4.90 Å². The minimum absolute atomic E-state index is 0.0811. The number of phenolic OH excluding ortho intramolecular Hbond substituents is 1. The van der Waals surface area contributed by atoms with Gasteiger partial charge in [0, 0.05) is 18.3 Å². The molecule has 0 aromatic heterocycles. The van der Waals surface area contributed by atoms with E-state index in [0.717, 1.165) is 11.1 Å². The highest BCUT2D eigenvalue weighted by molar-refractivity contribution is 5.95. The molecule has 0 saturated carbocycles. The van der Waals surface area contributed by atoms with Crippen molar-refractivity contribution in [1.29, 1.82) is 0 Å². The largest absolute Gasteiger partial charge is 0.508 e. The molecular formula is C17H20N2O2. The predicted octanol–water partition coefficient (Wildman–Crippen LogP) is 3.12. The van der Waals surface area contributed by atoms with Gasteiger partial charge in [0.25, 0.3) is 5.91 Å². The first-order chi connectivity index (χ1) is 9.90. The molecule has 4 heteroatoms. The van der Waals surface area contributed by atoms with Crippen LogP contribution in [-0.2, 0) is 0 Å². The fourth-order valence-corrected chi connectivity index (χ4v) is 2.30. The number of nitrogens with two attached hydrogens (primary N) is 1. The number of rotatable bonds is 3. The summed E-state index contributed by atoms with van der Waals surface area (Å²) in [7, 11) is 1.77. The molecule has 0 aliphatic carbocycles. The van der Waals surface area contributed by atoms with Crippen LogP contribution in [0.1, 0.15) is 34.5 Å². The number of benzene rings is 2. The minimum Gasteiger partial charge on any atom is -0.508 e. The van der Waals surface area contributed by atoms with Crippen LogP contribution in [0.4, 0.5) is 5.69 Å². The van der Waals surface area contributed by atoms with Gasteiger partial charge >= 0.3 is 0 Å². The molecule has 2 aromatic rings. The van der Waals surface area contributed by atoms with Crippen LogP contribution in [0.3, 0.4) is 0 Å². The average Bonchev–Trinajstić information content (AvgIpc) is 2.45. The zero-order chi connectivity index (χ0) is 15.6. The summed E-state index contributed by atoms with van der Waals surface area (Å²) < 4.78 is 0. The zero-order valence-electron chi connectivity index (χ0n) is 12.5. The summed E-state index contributed by atoms with van der Waals surface area (Å²) in [6.45, 7) is 3.77. The molecule has 1 unspecified atom stereocenters. The number of nitrogens with zero attached hydrogens (tertiary/aromatic N) is 1. The SMILES string of the molecule is Cc1cc(O)ccc1C(=O)N(C)C(C)c1cccc(N)c1. The maximum Gasteiger partial charge on any atom is 0.254 e. The van der Waals surface area contributed by atoms with Crippen molar-refractivity contribution < 1.29 is 9.90 Å². The second-order valence-electron chi connectivity index (χ2n) is 5.26. The molecule has 110 valence electrons. The van der Waals surface area contributed by atoms with Crippen LogP contribution in [0, 0.1) is 6.92 Å². The lowest BCUT2D eigenvalue weighted by Crippen LogP contribution is -2.30. The van der Waals surface area contributed by atoms with Crippen molar-refractivity contribution in [2.45, 2.75) is 19.9 Å². The molecule has 0 aliphatic heterocycles. The summed E-state index contributed by atoms with van der Waals surface area (Å²) in [6, 6.07) is 12.2. The number of amides is 1. The molecule has 2 aromatic carbocycles. The van der Waals surface area contributed by atoms with Crippen LogP contribution >= 0.6 is 0 Å². The van der Waals surface area contributed by atoms with Gasteiger partial charge in [0.2, 0.25) is 0 Å². The molecule has 0 bridgehead atoms. The molecule has 0 fully saturated rings. The van der Waals surface area contributed by atoms with Crippen LogP contribution in [0.2, 0.25) is 0 Å². The molecule has 0 radical (unpaired) electrons. The number of nitrogen functional groups attached to an aromatic ring is 1. The van der Waals surface area contributed by atoms with Crippen molar-refractivity contribution >= 4 is 11.6 Å². The summed E-state index contributed by atoms with van der Waals surface area (Å²) in [5, 5.41) is 9.44. The number of carbonyl (C=O) groups excluding carboxylic acids is 1. The van der Waals surface area contributed by atoms with E-state index in [1.165, 1.54) is 6.07 Å². The Labute approximate surface area is 124 Å². The topological polar surface area (TPSA) is 66.6 Å². The Morgan fingerprint density at radius 2 is 1.95 bits per heavy atom. The van der Waals surface area contributed by atoms with Gasteiger partial charge in [-0.1, -0.05) is 12.1 Å². The highest BCUT2D eigenvalue weighted by atomic mass is 16.3. The molecule has 0 saturated heterocycles. The van der Waals surface area contributed by atoms with Crippen LogP contribution < -0.4 is 5.73 Å². The molecular weight excluding hydrogens is 264 g/mol. The van der Waals surface area contributed by atoms with Crippen LogP contribution in [0.25, 0.3) is 0 Å². The first kappa shape index (κ1) is 14.9. The fourth-order valence-electron chi connectivity index (χ4n) is 2.30. The first-order valence-electron chi connectivity index (χ1n) is 6.82. The molecule has 0 aliphatic rings. The highest BCUT2D eigenvalue weighted by Gasteiger charge is 2.20. The van der Waals surface area contributed by atoms with Gasteiger partial charge in [0.05, 0.1) is 6.04 Å². The van der Waals surface area contributed by atoms with Crippen LogP contribution in [0.15, 0.2) is 42.5 Å². The third kappa shape index (κ3) is 3.16. The molecule has 0 spiro atoms. The summed E-state index contributed by atoms with van der Waals surface area (Å²) in [5.74, 6) is 0.0815. The van der Waals surface area contributed by atoms with Crippen molar-refractivity contribution in [3.05, 3.63) is 59.2 Å². The zero-order valence-corrected chi connectivity index (χ0v) is 12.5. The van der Waals surface area contributed by atoms with Gasteiger partial charge < -0.3 is 15.7 Å². The molecule has 2 rings (SSSR count). The van der Waals surface area contributed by atoms with Crippen LogP contribution in [-0.4, -0.2) is 23.0 Å². The van der Waals surface area contributed by atoms with E-state index in [1.807, 2.05) is 38.1 Å². The quantitative estimate of drug-likeness (QED) is 0.851. The van der Waals surface area contributed by atoms with Gasteiger partial charge in [-0.05, 0) is 55.3 Å². The molecule has 1 amide bonds. The second kappa shape index (κ2) is 5.87. The Hall–Kier alpha value is -2.49. The average molecular weight is 284 g/mol. The van der Waals surface area contributed by atoms with E-state index in [1.54, 1.807) is 24.1 Å². The second-order valence-corrected chi connectivity index (χ2v) is 5.26. The number of aromatic hydroxyl groups is 1. The van der Waals surface area contributed by atoms with E-state index in [9.17, 15) is 9.90 Å². The Bertz CT molecular complexity index is 668. The third-order valence-corrected chi connectivity index (χ3v) is 3.73. The first-order valence-corrected chi connectivity index (χ1v) is 6.82. The van der Waals surface area contributed by atoms with Gasteiger partial charge in [-0.2, -0.15) is 0 Å². The van der Waals surface area contributed by atoms with Gasteiger partial charge in [0.15, 0.2) is 0 Å². The number of carbonyl (C=O) groups is 1. The highest BCUT2D eigenvalue weighted by Crippen LogP contribution is 2.24. The van der Waals surface area contributed by atoms with E-state index in [4.69, 9.17) is 5.73 Å². The van der Waals surface area contributed by atoms with E-state index < -0.39 is 0 Å². The predicted molar refractivity (Wildman–Crippen MR) is 84.2 cm³/mol. The van der Waals surface area contributed by atoms with E-state index in [0.29, 0.717) is 11.3 Å². The fraction of sp³-hybridized carbons (Fsp3) is 0.235. The summed E-state index contributed by atoms with van der Waals surface area (Å²) in [4.78, 5) is 14.3. The van der Waals surface area contributed by atoms with Gasteiger partial charge in [-0.15, -0.1) is 0 Å². The third-order valence-electron chi connectivity index (χ3n) is 3.73. The molecule has 0 heterocycles. The van der Waals surface area contributed by atoms with Gasteiger partial charge in [0.1, 0.15) is 5.75 Å². The van der Waals surface area contributed by atoms with E-state index >= 15 is 0 Å². The van der Waals surface area contributed by atoms with E-state index in [2.05, 4.69) is 0 Å². The number of aryl methyl sites for hydroxylation is 1. The monoisotopic (exact) mass is 284 g/mol. The maximum atomic E-state index is 12.6. The number of phenols is 1. The van der Waals surface area contributed by atoms with Crippen molar-refractivity contribution in [2.75, 3.05) is 12.8 Å². The summed E-state index contributed by atoms with van der Waals surface area (Å²) in [5.41, 5.74) is 8.81. The smallest absolute Gasteiger partial charge is 0.254 e. The van der Waals surface area contributed by atoms with Crippen molar-refractivity contribution in [3.63, 3.8) is 0 Å². The van der Waals surface area contributed by atoms with Gasteiger partial charge in [-0.3, -0.25) is 4.79 Å². The number of hydrogen-bond donors (Lipinski definition) is 2. The Balaban J connectivity index is 2.26. The summed E-state index contributed by atoms with van der Waals surface area (Å²) >= 11 is 0. The van der Waals surface area contributed by atoms with Crippen molar-refractivity contribution in [3.8, 4) is 5.75 Å². The number of hydrogen-bond acceptors (Lipinski definition) is 3. The number of anilines is 1. The summed E-state index contributed by atoms with van der Waals surface area (Å²) in [6.07, 6.45) is 0. The normalized spacial score (nSPS) is 12.0. The lowest BCUT2D eigenvalue weighted by Gasteiger charge is -2.26. The molecule has 1 atom stereocenters. The lowest BCUT2D eigenvalue weighted by atomic mass is 10.0. The molecule has 21 heavy (non-hydrogen) atoms. The minimum atomic E-state index is -0.0887. The van der Waals surface area contributed by atoms with Gasteiger partial charge in [-0.25, -0.2) is 0 Å². The molecule has 4 nitrogen and oxygen atoms in total. The lowest BCUT2D eigenvalue weighted by molar-refractivity contribution is 0.0742. The Morgan fingerprint density at radius 3 is 2.57 bits per heavy atom. The Kier molecular flexibility index (Phi) is 4.17. The standard InChI is InChI=1S/C17H20N2O2/c1-11-9-15(20)7-8-16(11)17(21)19(3)12(2)13-5-4-6-14(18)10-13/h4-10,12,20H,18H2,1-3H3.